The molecule has 0 bridgehead atoms. The predicted molar refractivity (Wildman–Crippen MR) is 88.7 cm³/mol. The number of amides is 1. The molecule has 0 aliphatic carbocycles. The van der Waals surface area contributed by atoms with E-state index in [0.717, 1.165) is 0 Å². The van der Waals surface area contributed by atoms with Gasteiger partial charge in [-0.25, -0.2) is 0 Å². The maximum Gasteiger partial charge on any atom is 0.326 e. The van der Waals surface area contributed by atoms with Crippen LogP contribution in [0.5, 0.6) is 0 Å². The molecule has 0 radical (unpaired) electrons. The summed E-state index contributed by atoms with van der Waals surface area (Å²) < 4.78 is 10.4. The first kappa shape index (κ1) is 19.0. The van der Waals surface area contributed by atoms with Gasteiger partial charge < -0.3 is 19.0 Å². The lowest BCUT2D eigenvalue weighted by atomic mass is 10.2. The number of esters is 1. The van der Waals surface area contributed by atoms with Gasteiger partial charge >= 0.3 is 5.97 Å². The minimum absolute atomic E-state index is 0.0769. The van der Waals surface area contributed by atoms with Crippen molar-refractivity contribution in [3.8, 4) is 0 Å². The average Bonchev–Trinajstić information content (AvgIpc) is 2.91. The number of furan rings is 1. The Kier molecular flexibility index (Phi) is 7.03. The maximum absolute atomic E-state index is 12.3. The highest BCUT2D eigenvalue weighted by molar-refractivity contribution is 5.93. The molecule has 0 fully saturated rings. The molecule has 0 aliphatic heterocycles. The highest BCUT2D eigenvalue weighted by atomic mass is 16.6. The van der Waals surface area contributed by atoms with E-state index in [9.17, 15) is 9.59 Å². The zero-order valence-electron chi connectivity index (χ0n) is 14.5. The maximum atomic E-state index is 12.3. The standard InChI is InChI=1S/C17H26N2O4/c1-17(2,3)23-16(21)13-19(11-10-18(4)5)15(20)9-8-14-7-6-12-22-14/h6-9,12H,10-11,13H2,1-5H3/b9-8+. The van der Waals surface area contributed by atoms with Crippen molar-refractivity contribution in [1.82, 2.24) is 9.80 Å². The summed E-state index contributed by atoms with van der Waals surface area (Å²) in [4.78, 5) is 27.7. The van der Waals surface area contributed by atoms with Gasteiger partial charge in [-0.2, -0.15) is 0 Å². The Morgan fingerprint density at radius 3 is 2.48 bits per heavy atom. The van der Waals surface area contributed by atoms with Gasteiger partial charge in [0.15, 0.2) is 0 Å². The second-order valence-electron chi connectivity index (χ2n) is 6.50. The van der Waals surface area contributed by atoms with Crippen LogP contribution in [0.3, 0.4) is 0 Å². The molecule has 0 saturated carbocycles. The third-order valence-electron chi connectivity index (χ3n) is 2.80. The third-order valence-corrected chi connectivity index (χ3v) is 2.80. The highest BCUT2D eigenvalue weighted by Gasteiger charge is 2.21. The summed E-state index contributed by atoms with van der Waals surface area (Å²) in [6.07, 6.45) is 4.52. The van der Waals surface area contributed by atoms with Gasteiger partial charge in [0, 0.05) is 19.2 Å². The van der Waals surface area contributed by atoms with Crippen molar-refractivity contribution in [3.05, 3.63) is 30.2 Å². The molecule has 6 heteroatoms. The molecule has 23 heavy (non-hydrogen) atoms. The molecular formula is C17H26N2O4. The van der Waals surface area contributed by atoms with Crippen LogP contribution < -0.4 is 0 Å². The first-order chi connectivity index (χ1) is 10.7. The molecule has 1 rings (SSSR count). The van der Waals surface area contributed by atoms with Crippen LogP contribution in [0.1, 0.15) is 26.5 Å². The lowest BCUT2D eigenvalue weighted by Gasteiger charge is -2.25. The summed E-state index contributed by atoms with van der Waals surface area (Å²) in [5, 5.41) is 0. The van der Waals surface area contributed by atoms with Gasteiger partial charge in [-0.15, -0.1) is 0 Å². The number of carbonyl (C=O) groups is 2. The lowest BCUT2D eigenvalue weighted by molar-refractivity contribution is -0.158. The monoisotopic (exact) mass is 322 g/mol. The van der Waals surface area contributed by atoms with Gasteiger partial charge in [0.1, 0.15) is 17.9 Å². The van der Waals surface area contributed by atoms with Crippen molar-refractivity contribution in [2.75, 3.05) is 33.7 Å². The highest BCUT2D eigenvalue weighted by Crippen LogP contribution is 2.08. The number of nitrogens with zero attached hydrogens (tertiary/aromatic N) is 2. The van der Waals surface area contributed by atoms with Crippen molar-refractivity contribution in [3.63, 3.8) is 0 Å². The van der Waals surface area contributed by atoms with Gasteiger partial charge in [0.05, 0.1) is 6.26 Å². The topological polar surface area (TPSA) is 63.0 Å². The molecule has 1 amide bonds. The Balaban J connectivity index is 2.70. The van der Waals surface area contributed by atoms with E-state index in [2.05, 4.69) is 0 Å². The van der Waals surface area contributed by atoms with Gasteiger partial charge in [-0.1, -0.05) is 0 Å². The molecule has 1 heterocycles. The predicted octanol–water partition coefficient (Wildman–Crippen LogP) is 2.02. The van der Waals surface area contributed by atoms with E-state index in [1.165, 1.54) is 17.2 Å². The fourth-order valence-corrected chi connectivity index (χ4v) is 1.76. The van der Waals surface area contributed by atoms with Gasteiger partial charge in [0.25, 0.3) is 0 Å². The van der Waals surface area contributed by atoms with E-state index in [1.807, 2.05) is 19.0 Å². The normalized spacial score (nSPS) is 11.9. The fourth-order valence-electron chi connectivity index (χ4n) is 1.76. The molecule has 6 nitrogen and oxygen atoms in total. The number of rotatable bonds is 7. The van der Waals surface area contributed by atoms with E-state index >= 15 is 0 Å². The van der Waals surface area contributed by atoms with E-state index in [4.69, 9.17) is 9.15 Å². The first-order valence-corrected chi connectivity index (χ1v) is 7.54. The second-order valence-corrected chi connectivity index (χ2v) is 6.50. The van der Waals surface area contributed by atoms with Crippen molar-refractivity contribution in [1.29, 1.82) is 0 Å². The second kappa shape index (κ2) is 8.53. The Morgan fingerprint density at radius 1 is 1.26 bits per heavy atom. The summed E-state index contributed by atoms with van der Waals surface area (Å²) >= 11 is 0. The molecule has 0 saturated heterocycles. The van der Waals surface area contributed by atoms with Gasteiger partial charge in [-0.05, 0) is 53.1 Å². The van der Waals surface area contributed by atoms with Crippen molar-refractivity contribution < 1.29 is 18.7 Å². The van der Waals surface area contributed by atoms with Crippen LogP contribution in [0.15, 0.2) is 28.9 Å². The molecule has 0 aromatic carbocycles. The summed E-state index contributed by atoms with van der Waals surface area (Å²) in [5.74, 6) is -0.0895. The van der Waals surface area contributed by atoms with Crippen LogP contribution >= 0.6 is 0 Å². The van der Waals surface area contributed by atoms with E-state index in [0.29, 0.717) is 18.8 Å². The summed E-state index contributed by atoms with van der Waals surface area (Å²) in [5.41, 5.74) is -0.572. The number of likely N-dealkylation sites (N-methyl/N-ethyl adjacent to an activating group) is 1. The van der Waals surface area contributed by atoms with E-state index < -0.39 is 11.6 Å². The summed E-state index contributed by atoms with van der Waals surface area (Å²) in [6, 6.07) is 3.50. The van der Waals surface area contributed by atoms with E-state index in [-0.39, 0.29) is 12.5 Å². The summed E-state index contributed by atoms with van der Waals surface area (Å²) in [6.45, 7) is 6.41. The van der Waals surface area contributed by atoms with Crippen molar-refractivity contribution in [2.24, 2.45) is 0 Å². The van der Waals surface area contributed by atoms with Crippen LogP contribution in [-0.4, -0.2) is 61.0 Å². The smallest absolute Gasteiger partial charge is 0.326 e. The van der Waals surface area contributed by atoms with Gasteiger partial charge in [0.2, 0.25) is 5.91 Å². The average molecular weight is 322 g/mol. The van der Waals surface area contributed by atoms with Gasteiger partial charge in [-0.3, -0.25) is 9.59 Å². The molecular weight excluding hydrogens is 296 g/mol. The number of hydrogen-bond acceptors (Lipinski definition) is 5. The van der Waals surface area contributed by atoms with Crippen LogP contribution in [0.2, 0.25) is 0 Å². The first-order valence-electron chi connectivity index (χ1n) is 7.54. The Hall–Kier alpha value is -2.08. The Labute approximate surface area is 137 Å². The van der Waals surface area contributed by atoms with Crippen molar-refractivity contribution >= 4 is 18.0 Å². The molecule has 1 aromatic heterocycles. The fraction of sp³-hybridized carbons (Fsp3) is 0.529. The lowest BCUT2D eigenvalue weighted by Crippen LogP contribution is -2.41. The number of ether oxygens (including phenoxy) is 1. The molecule has 0 spiro atoms. The molecule has 0 unspecified atom stereocenters. The van der Waals surface area contributed by atoms with Crippen LogP contribution in [0.25, 0.3) is 6.08 Å². The molecule has 0 atom stereocenters. The van der Waals surface area contributed by atoms with Crippen LogP contribution in [0.4, 0.5) is 0 Å². The molecule has 0 N–H and O–H groups in total. The number of hydrogen-bond donors (Lipinski definition) is 0. The van der Waals surface area contributed by atoms with Crippen molar-refractivity contribution in [2.45, 2.75) is 26.4 Å². The van der Waals surface area contributed by atoms with Crippen LogP contribution in [-0.2, 0) is 14.3 Å². The van der Waals surface area contributed by atoms with Crippen LogP contribution in [0, 0.1) is 0 Å². The largest absolute Gasteiger partial charge is 0.465 e. The molecule has 128 valence electrons. The Bertz CT molecular complexity index is 527. The molecule has 0 aliphatic rings. The Morgan fingerprint density at radius 2 is 1.96 bits per heavy atom. The minimum Gasteiger partial charge on any atom is -0.465 e. The summed E-state index contributed by atoms with van der Waals surface area (Å²) in [7, 11) is 3.82. The third kappa shape index (κ3) is 8.21. The zero-order chi connectivity index (χ0) is 17.5. The minimum atomic E-state index is -0.572. The SMILES string of the molecule is CN(C)CCN(CC(=O)OC(C)(C)C)C(=O)/C=C/c1ccco1. The number of carbonyl (C=O) groups excluding carboxylic acids is 2. The quantitative estimate of drug-likeness (QED) is 0.568. The van der Waals surface area contributed by atoms with E-state index in [1.54, 1.807) is 39.0 Å². The zero-order valence-corrected chi connectivity index (χ0v) is 14.5. The molecule has 1 aromatic rings.